The number of nitrogens with one attached hydrogen (secondary N) is 2. The summed E-state index contributed by atoms with van der Waals surface area (Å²) >= 11 is 0. The van der Waals surface area contributed by atoms with Gasteiger partial charge >= 0.3 is 0 Å². The summed E-state index contributed by atoms with van der Waals surface area (Å²) in [5, 5.41) is 3.08. The van der Waals surface area contributed by atoms with Crippen LogP contribution >= 0.6 is 0 Å². The van der Waals surface area contributed by atoms with Crippen LogP contribution in [0.1, 0.15) is 0 Å². The Kier molecular flexibility index (Phi) is 3.78. The highest BCUT2D eigenvalue weighted by Crippen LogP contribution is 2.30. The monoisotopic (exact) mass is 337 g/mol. The Labute approximate surface area is 142 Å². The summed E-state index contributed by atoms with van der Waals surface area (Å²) in [6.07, 6.45) is 0. The van der Waals surface area contributed by atoms with Gasteiger partial charge in [-0.15, -0.1) is 0 Å². The average Bonchev–Trinajstić information content (AvgIpc) is 3.04. The Morgan fingerprint density at radius 2 is 1.64 bits per heavy atom. The van der Waals surface area contributed by atoms with Crippen LogP contribution in [0.15, 0.2) is 66.7 Å². The number of aromatic nitrogens is 2. The minimum atomic E-state index is -0.584. The first-order valence-corrected chi connectivity index (χ1v) is 7.63. The molecule has 0 bridgehead atoms. The largest absolute Gasteiger partial charge is 0.454 e. The molecule has 25 heavy (non-hydrogen) atoms. The lowest BCUT2D eigenvalue weighted by Crippen LogP contribution is -1.91. The molecule has 0 saturated heterocycles. The molecule has 0 aliphatic carbocycles. The number of fused-ring (bicyclic) bond motifs is 1. The number of aromatic amines is 1. The van der Waals surface area contributed by atoms with Gasteiger partial charge in [-0.1, -0.05) is 18.2 Å². The molecule has 0 amide bonds. The maximum atomic E-state index is 14.7. The number of nitrogens with zero attached hydrogens (tertiary/aromatic N) is 1. The fraction of sp³-hybridized carbons (Fsp3) is 0. The molecule has 6 heteroatoms. The van der Waals surface area contributed by atoms with Crippen molar-refractivity contribution in [2.24, 2.45) is 0 Å². The van der Waals surface area contributed by atoms with E-state index in [0.29, 0.717) is 17.2 Å². The SMILES string of the molecule is Fc1ccc(Oc2ccc3[nH]c(Nc4ccccc4)nc3c2F)cc1. The van der Waals surface area contributed by atoms with Gasteiger partial charge in [0.2, 0.25) is 5.95 Å². The molecule has 2 N–H and O–H groups in total. The summed E-state index contributed by atoms with van der Waals surface area (Å²) in [5.41, 5.74) is 1.55. The summed E-state index contributed by atoms with van der Waals surface area (Å²) in [5.74, 6) is -0.167. The Hall–Kier alpha value is -3.41. The maximum Gasteiger partial charge on any atom is 0.205 e. The normalized spacial score (nSPS) is 10.8. The molecular weight excluding hydrogens is 324 g/mol. The standard InChI is InChI=1S/C19H13F2N3O/c20-12-6-8-14(9-7-12)25-16-11-10-15-18(17(16)21)24-19(23-15)22-13-4-2-1-3-5-13/h1-11H,(H2,22,23,24). The second kappa shape index (κ2) is 6.24. The van der Waals surface area contributed by atoms with Crippen molar-refractivity contribution in [2.75, 3.05) is 5.32 Å². The van der Waals surface area contributed by atoms with E-state index in [1.54, 1.807) is 6.07 Å². The second-order valence-electron chi connectivity index (χ2n) is 5.41. The van der Waals surface area contributed by atoms with Gasteiger partial charge in [0.25, 0.3) is 0 Å². The molecule has 124 valence electrons. The number of H-pyrrole nitrogens is 1. The highest BCUT2D eigenvalue weighted by molar-refractivity contribution is 5.80. The van der Waals surface area contributed by atoms with Crippen LogP contribution in [0.2, 0.25) is 0 Å². The lowest BCUT2D eigenvalue weighted by molar-refractivity contribution is 0.444. The third-order valence-electron chi connectivity index (χ3n) is 3.64. The lowest BCUT2D eigenvalue weighted by atomic mass is 10.3. The smallest absolute Gasteiger partial charge is 0.205 e. The third kappa shape index (κ3) is 3.14. The highest BCUT2D eigenvalue weighted by atomic mass is 19.1. The first-order chi connectivity index (χ1) is 12.2. The molecule has 3 aromatic carbocycles. The van der Waals surface area contributed by atoms with Crippen molar-refractivity contribution in [3.05, 3.63) is 78.4 Å². The van der Waals surface area contributed by atoms with Crippen LogP contribution in [-0.2, 0) is 0 Å². The van der Waals surface area contributed by atoms with Gasteiger partial charge in [0.1, 0.15) is 17.1 Å². The summed E-state index contributed by atoms with van der Waals surface area (Å²) in [4.78, 5) is 7.26. The van der Waals surface area contributed by atoms with Crippen LogP contribution in [-0.4, -0.2) is 9.97 Å². The van der Waals surface area contributed by atoms with Crippen molar-refractivity contribution >= 4 is 22.7 Å². The van der Waals surface area contributed by atoms with Gasteiger partial charge in [0.15, 0.2) is 11.6 Å². The maximum absolute atomic E-state index is 14.7. The quantitative estimate of drug-likeness (QED) is 0.526. The molecule has 0 atom stereocenters. The van der Waals surface area contributed by atoms with Crippen molar-refractivity contribution in [3.8, 4) is 11.5 Å². The van der Waals surface area contributed by atoms with Crippen LogP contribution in [0.25, 0.3) is 11.0 Å². The topological polar surface area (TPSA) is 49.9 Å². The zero-order valence-electron chi connectivity index (χ0n) is 13.0. The predicted molar refractivity (Wildman–Crippen MR) is 92.3 cm³/mol. The number of ether oxygens (including phenoxy) is 1. The number of anilines is 2. The second-order valence-corrected chi connectivity index (χ2v) is 5.41. The van der Waals surface area contributed by atoms with Crippen molar-refractivity contribution in [1.29, 1.82) is 0 Å². The zero-order valence-corrected chi connectivity index (χ0v) is 13.0. The molecule has 4 aromatic rings. The Balaban J connectivity index is 1.64. The number of hydrogen-bond acceptors (Lipinski definition) is 3. The number of para-hydroxylation sites is 1. The summed E-state index contributed by atoms with van der Waals surface area (Å²) < 4.78 is 33.1. The molecule has 0 aliphatic heterocycles. The van der Waals surface area contributed by atoms with Gasteiger partial charge < -0.3 is 15.0 Å². The Morgan fingerprint density at radius 1 is 0.880 bits per heavy atom. The summed E-state index contributed by atoms with van der Waals surface area (Å²) in [6, 6.07) is 18.0. The number of benzene rings is 3. The number of hydrogen-bond donors (Lipinski definition) is 2. The predicted octanol–water partition coefficient (Wildman–Crippen LogP) is 5.38. The molecule has 0 saturated carbocycles. The molecule has 4 rings (SSSR count). The van der Waals surface area contributed by atoms with Crippen molar-refractivity contribution in [1.82, 2.24) is 9.97 Å². The van der Waals surface area contributed by atoms with Gasteiger partial charge in [0, 0.05) is 5.69 Å². The first-order valence-electron chi connectivity index (χ1n) is 7.63. The zero-order chi connectivity index (χ0) is 17.2. The van der Waals surface area contributed by atoms with Crippen LogP contribution in [0.4, 0.5) is 20.4 Å². The highest BCUT2D eigenvalue weighted by Gasteiger charge is 2.14. The van der Waals surface area contributed by atoms with E-state index in [1.807, 2.05) is 30.3 Å². The minimum Gasteiger partial charge on any atom is -0.454 e. The van der Waals surface area contributed by atoms with E-state index in [-0.39, 0.29) is 17.1 Å². The van der Waals surface area contributed by atoms with E-state index in [0.717, 1.165) is 5.69 Å². The van der Waals surface area contributed by atoms with Crippen molar-refractivity contribution in [2.45, 2.75) is 0 Å². The minimum absolute atomic E-state index is 0.0249. The lowest BCUT2D eigenvalue weighted by Gasteiger charge is -2.06. The van der Waals surface area contributed by atoms with Crippen LogP contribution in [0.5, 0.6) is 11.5 Å². The van der Waals surface area contributed by atoms with E-state index in [1.165, 1.54) is 30.3 Å². The average molecular weight is 337 g/mol. The van der Waals surface area contributed by atoms with Gasteiger partial charge in [-0.25, -0.2) is 13.8 Å². The third-order valence-corrected chi connectivity index (χ3v) is 3.64. The Morgan fingerprint density at radius 3 is 2.40 bits per heavy atom. The fourth-order valence-electron chi connectivity index (χ4n) is 2.45. The van der Waals surface area contributed by atoms with E-state index in [4.69, 9.17) is 4.74 Å². The Bertz CT molecular complexity index is 1010. The van der Waals surface area contributed by atoms with E-state index < -0.39 is 5.82 Å². The summed E-state index contributed by atoms with van der Waals surface area (Å²) in [6.45, 7) is 0. The van der Waals surface area contributed by atoms with Crippen LogP contribution in [0.3, 0.4) is 0 Å². The van der Waals surface area contributed by atoms with Crippen LogP contribution < -0.4 is 10.1 Å². The van der Waals surface area contributed by atoms with Gasteiger partial charge in [-0.2, -0.15) is 0 Å². The molecule has 0 spiro atoms. The number of imidazole rings is 1. The summed E-state index contributed by atoms with van der Waals surface area (Å²) in [7, 11) is 0. The molecule has 0 aliphatic rings. The first kappa shape index (κ1) is 15.1. The van der Waals surface area contributed by atoms with E-state index in [2.05, 4.69) is 15.3 Å². The molecule has 4 nitrogen and oxygen atoms in total. The van der Waals surface area contributed by atoms with Gasteiger partial charge in [-0.3, -0.25) is 0 Å². The molecule has 1 aromatic heterocycles. The number of halogens is 2. The van der Waals surface area contributed by atoms with E-state index in [9.17, 15) is 8.78 Å². The molecular formula is C19H13F2N3O. The molecule has 0 radical (unpaired) electrons. The van der Waals surface area contributed by atoms with Crippen molar-refractivity contribution in [3.63, 3.8) is 0 Å². The van der Waals surface area contributed by atoms with E-state index >= 15 is 0 Å². The molecule has 0 unspecified atom stereocenters. The fourth-order valence-corrected chi connectivity index (χ4v) is 2.45. The molecule has 1 heterocycles. The van der Waals surface area contributed by atoms with Crippen molar-refractivity contribution < 1.29 is 13.5 Å². The molecule has 0 fully saturated rings. The van der Waals surface area contributed by atoms with Gasteiger partial charge in [0.05, 0.1) is 5.52 Å². The van der Waals surface area contributed by atoms with Crippen LogP contribution in [0, 0.1) is 11.6 Å². The van der Waals surface area contributed by atoms with Gasteiger partial charge in [-0.05, 0) is 48.5 Å². The number of rotatable bonds is 4.